The van der Waals surface area contributed by atoms with Crippen LogP contribution in [0.5, 0.6) is 0 Å². The standard InChI is InChI=1S/C27H32N2O6/c1-15-9-11-27(12-10-16(2)25(35-27)17(3)24(30)19-7-5-13-28-19)34-21(15)14-22-29-23-18(26(31)32)6-4-8-20(23)33-22/h4-8,13,15-17,21,25,28H,9-12,14H2,1-3H3,(H,31,32). The van der Waals surface area contributed by atoms with Crippen LogP contribution >= 0.6 is 0 Å². The SMILES string of the molecule is CC1CCC2(CCC(C)C(C(C)C(=O)c3ccc[nH]3)O2)OC1Cc1nc2c(C(=O)O)cccc2o1. The Balaban J connectivity index is 1.34. The van der Waals surface area contributed by atoms with Gasteiger partial charge in [0, 0.05) is 25.0 Å². The second-order valence-corrected chi connectivity index (χ2v) is 10.2. The molecule has 1 aromatic carbocycles. The highest BCUT2D eigenvalue weighted by molar-refractivity contribution is 6.00. The second kappa shape index (κ2) is 9.24. The van der Waals surface area contributed by atoms with Gasteiger partial charge in [-0.15, -0.1) is 0 Å². The van der Waals surface area contributed by atoms with Gasteiger partial charge in [-0.3, -0.25) is 4.79 Å². The number of H-pyrrole nitrogens is 1. The molecule has 1 spiro atoms. The van der Waals surface area contributed by atoms with Crippen molar-refractivity contribution in [2.75, 3.05) is 0 Å². The molecule has 6 atom stereocenters. The summed E-state index contributed by atoms with van der Waals surface area (Å²) in [6.45, 7) is 6.21. The summed E-state index contributed by atoms with van der Waals surface area (Å²) in [7, 11) is 0. The van der Waals surface area contributed by atoms with Crippen LogP contribution in [0.15, 0.2) is 40.9 Å². The summed E-state index contributed by atoms with van der Waals surface area (Å²) < 4.78 is 19.2. The van der Waals surface area contributed by atoms with Crippen molar-refractivity contribution in [1.29, 1.82) is 0 Å². The van der Waals surface area contributed by atoms with E-state index in [1.54, 1.807) is 24.4 Å². The molecule has 186 valence electrons. The minimum atomic E-state index is -1.03. The first-order chi connectivity index (χ1) is 16.8. The number of nitrogens with zero attached hydrogens (tertiary/aromatic N) is 1. The van der Waals surface area contributed by atoms with Crippen molar-refractivity contribution in [1.82, 2.24) is 9.97 Å². The number of aromatic nitrogens is 2. The predicted molar refractivity (Wildman–Crippen MR) is 128 cm³/mol. The lowest BCUT2D eigenvalue weighted by Crippen LogP contribution is -2.54. The molecule has 2 aliphatic heterocycles. The number of hydrogen-bond acceptors (Lipinski definition) is 6. The normalized spacial score (nSPS) is 29.9. The molecule has 4 heterocycles. The molecule has 2 aliphatic rings. The number of fused-ring (bicyclic) bond motifs is 1. The fourth-order valence-electron chi connectivity index (χ4n) is 5.53. The average Bonchev–Trinajstić information content (AvgIpc) is 3.52. The zero-order valence-electron chi connectivity index (χ0n) is 20.3. The van der Waals surface area contributed by atoms with Crippen molar-refractivity contribution in [3.05, 3.63) is 53.7 Å². The number of rotatable bonds is 6. The van der Waals surface area contributed by atoms with Gasteiger partial charge in [0.1, 0.15) is 5.52 Å². The van der Waals surface area contributed by atoms with Gasteiger partial charge in [0.15, 0.2) is 23.0 Å². The van der Waals surface area contributed by atoms with Crippen molar-refractivity contribution < 1.29 is 28.6 Å². The van der Waals surface area contributed by atoms with Crippen molar-refractivity contribution >= 4 is 22.9 Å². The minimum Gasteiger partial charge on any atom is -0.478 e. The van der Waals surface area contributed by atoms with Crippen LogP contribution < -0.4 is 0 Å². The van der Waals surface area contributed by atoms with E-state index in [0.717, 1.165) is 25.7 Å². The van der Waals surface area contributed by atoms with Crippen molar-refractivity contribution in [3.8, 4) is 0 Å². The fraction of sp³-hybridized carbons (Fsp3) is 0.519. The van der Waals surface area contributed by atoms with E-state index < -0.39 is 11.8 Å². The number of ether oxygens (including phenoxy) is 2. The highest BCUT2D eigenvalue weighted by Crippen LogP contribution is 2.45. The Morgan fingerprint density at radius 2 is 1.91 bits per heavy atom. The minimum absolute atomic E-state index is 0.0466. The Bertz CT molecular complexity index is 1210. The summed E-state index contributed by atoms with van der Waals surface area (Å²) in [5, 5.41) is 9.46. The Morgan fingerprint density at radius 1 is 1.14 bits per heavy atom. The molecule has 0 bridgehead atoms. The molecule has 0 aliphatic carbocycles. The van der Waals surface area contributed by atoms with E-state index in [1.807, 2.05) is 13.0 Å². The van der Waals surface area contributed by atoms with Gasteiger partial charge in [-0.2, -0.15) is 0 Å². The fourth-order valence-corrected chi connectivity index (χ4v) is 5.53. The molecule has 0 radical (unpaired) electrons. The molecular formula is C27H32N2O6. The smallest absolute Gasteiger partial charge is 0.338 e. The summed E-state index contributed by atoms with van der Waals surface area (Å²) >= 11 is 0. The molecule has 8 nitrogen and oxygen atoms in total. The van der Waals surface area contributed by atoms with Gasteiger partial charge in [-0.25, -0.2) is 9.78 Å². The number of aromatic amines is 1. The first kappa shape index (κ1) is 23.8. The van der Waals surface area contributed by atoms with Gasteiger partial charge in [-0.05, 0) is 48.9 Å². The lowest BCUT2D eigenvalue weighted by atomic mass is 9.80. The summed E-state index contributed by atoms with van der Waals surface area (Å²) in [6, 6.07) is 8.53. The van der Waals surface area contributed by atoms with Crippen molar-refractivity contribution in [3.63, 3.8) is 0 Å². The lowest BCUT2D eigenvalue weighted by Gasteiger charge is -2.50. The van der Waals surface area contributed by atoms with E-state index in [9.17, 15) is 14.7 Å². The Labute approximate surface area is 204 Å². The van der Waals surface area contributed by atoms with Crippen LogP contribution in [0, 0.1) is 17.8 Å². The molecule has 2 N–H and O–H groups in total. The molecule has 5 rings (SSSR count). The van der Waals surface area contributed by atoms with Crippen LogP contribution in [0.25, 0.3) is 11.1 Å². The number of ketones is 1. The largest absolute Gasteiger partial charge is 0.478 e. The monoisotopic (exact) mass is 480 g/mol. The van der Waals surface area contributed by atoms with Crippen LogP contribution in [0.3, 0.4) is 0 Å². The van der Waals surface area contributed by atoms with Gasteiger partial charge < -0.3 is 24.0 Å². The zero-order valence-corrected chi connectivity index (χ0v) is 20.3. The lowest BCUT2D eigenvalue weighted by molar-refractivity contribution is -0.334. The summed E-state index contributed by atoms with van der Waals surface area (Å²) in [4.78, 5) is 32.1. The number of hydrogen-bond donors (Lipinski definition) is 2. The molecule has 3 aromatic rings. The number of aromatic carboxylic acids is 1. The maximum atomic E-state index is 13.0. The molecule has 35 heavy (non-hydrogen) atoms. The number of benzene rings is 1. The predicted octanol–water partition coefficient (Wildman–Crippen LogP) is 5.24. The molecule has 2 aromatic heterocycles. The topological polar surface area (TPSA) is 115 Å². The van der Waals surface area contributed by atoms with E-state index >= 15 is 0 Å². The van der Waals surface area contributed by atoms with Crippen molar-refractivity contribution in [2.24, 2.45) is 17.8 Å². The quantitative estimate of drug-likeness (QED) is 0.464. The third-order valence-corrected chi connectivity index (χ3v) is 7.71. The van der Waals surface area contributed by atoms with Gasteiger partial charge in [0.25, 0.3) is 0 Å². The van der Waals surface area contributed by atoms with Crippen LogP contribution in [-0.4, -0.2) is 44.8 Å². The Hall–Kier alpha value is -2.97. The van der Waals surface area contributed by atoms with E-state index in [-0.39, 0.29) is 41.3 Å². The first-order valence-corrected chi connectivity index (χ1v) is 12.4. The van der Waals surface area contributed by atoms with E-state index in [1.165, 1.54) is 6.07 Å². The number of carboxylic acids is 1. The number of nitrogens with one attached hydrogen (secondary N) is 1. The van der Waals surface area contributed by atoms with E-state index in [4.69, 9.17) is 13.9 Å². The molecule has 2 saturated heterocycles. The molecule has 6 unspecified atom stereocenters. The molecule has 2 fully saturated rings. The van der Waals surface area contributed by atoms with Gasteiger partial charge in [-0.1, -0.05) is 26.8 Å². The van der Waals surface area contributed by atoms with E-state index in [2.05, 4.69) is 23.8 Å². The van der Waals surface area contributed by atoms with Gasteiger partial charge in [0.2, 0.25) is 0 Å². The molecular weight excluding hydrogens is 448 g/mol. The molecule has 0 saturated carbocycles. The van der Waals surface area contributed by atoms with Crippen LogP contribution in [0.1, 0.15) is 73.2 Å². The summed E-state index contributed by atoms with van der Waals surface area (Å²) in [6.07, 6.45) is 5.14. The number of carbonyl (C=O) groups is 2. The second-order valence-electron chi connectivity index (χ2n) is 10.2. The van der Waals surface area contributed by atoms with Crippen LogP contribution in [0.4, 0.5) is 0 Å². The number of carboxylic acid groups (broad SMARTS) is 1. The highest BCUT2D eigenvalue weighted by Gasteiger charge is 2.48. The maximum Gasteiger partial charge on any atom is 0.338 e. The summed E-state index contributed by atoms with van der Waals surface area (Å²) in [5.41, 5.74) is 1.53. The Kier molecular flexibility index (Phi) is 6.27. The molecule has 8 heteroatoms. The Morgan fingerprint density at radius 3 is 2.63 bits per heavy atom. The van der Waals surface area contributed by atoms with E-state index in [0.29, 0.717) is 29.1 Å². The summed E-state index contributed by atoms with van der Waals surface area (Å²) in [5.74, 6) is -1.07. The number of Topliss-reactive ketones (excluding diaryl/α,β-unsaturated/α-hetero) is 1. The van der Waals surface area contributed by atoms with Crippen LogP contribution in [0.2, 0.25) is 0 Å². The maximum absolute atomic E-state index is 13.0. The van der Waals surface area contributed by atoms with Crippen molar-refractivity contribution in [2.45, 2.75) is 70.9 Å². The third kappa shape index (κ3) is 4.52. The van der Waals surface area contributed by atoms with Gasteiger partial charge >= 0.3 is 5.97 Å². The number of para-hydroxylation sites is 1. The first-order valence-electron chi connectivity index (χ1n) is 12.4. The number of oxazole rings is 1. The number of carbonyl (C=O) groups excluding carboxylic acids is 1. The van der Waals surface area contributed by atoms with Crippen LogP contribution in [-0.2, 0) is 15.9 Å². The third-order valence-electron chi connectivity index (χ3n) is 7.71. The highest BCUT2D eigenvalue weighted by atomic mass is 16.7. The molecule has 0 amide bonds. The average molecular weight is 481 g/mol. The zero-order chi connectivity index (χ0) is 24.7. The van der Waals surface area contributed by atoms with Gasteiger partial charge in [0.05, 0.1) is 29.9 Å².